The Balaban J connectivity index is 1.48. The molecule has 2 aromatic heterocycles. The summed E-state index contributed by atoms with van der Waals surface area (Å²) >= 11 is 2.68. The minimum absolute atomic E-state index is 0.0192. The van der Waals surface area contributed by atoms with Crippen LogP contribution in [0.5, 0.6) is 0 Å². The van der Waals surface area contributed by atoms with Crippen molar-refractivity contribution in [2.75, 3.05) is 6.54 Å². The lowest BCUT2D eigenvalue weighted by Crippen LogP contribution is -2.30. The molecular formula is C17H13FN2O3S2. The first-order valence-electron chi connectivity index (χ1n) is 7.29. The van der Waals surface area contributed by atoms with E-state index in [4.69, 9.17) is 4.74 Å². The molecule has 0 bridgehead atoms. The van der Waals surface area contributed by atoms with E-state index >= 15 is 0 Å². The van der Waals surface area contributed by atoms with E-state index in [9.17, 15) is 14.0 Å². The first-order valence-corrected chi connectivity index (χ1v) is 9.05. The van der Waals surface area contributed by atoms with Crippen molar-refractivity contribution in [3.63, 3.8) is 0 Å². The largest absolute Gasteiger partial charge is 0.458 e. The zero-order valence-corrected chi connectivity index (χ0v) is 14.5. The number of esters is 1. The number of thiophene rings is 1. The topological polar surface area (TPSA) is 68.3 Å². The van der Waals surface area contributed by atoms with Crippen LogP contribution in [0.2, 0.25) is 0 Å². The molecule has 3 rings (SSSR count). The fourth-order valence-corrected chi connectivity index (χ4v) is 3.40. The van der Waals surface area contributed by atoms with Gasteiger partial charge in [0.1, 0.15) is 24.0 Å². The average molecular weight is 376 g/mol. The van der Waals surface area contributed by atoms with Gasteiger partial charge < -0.3 is 10.1 Å². The van der Waals surface area contributed by atoms with E-state index in [-0.39, 0.29) is 24.9 Å². The van der Waals surface area contributed by atoms with Crippen molar-refractivity contribution in [3.8, 4) is 10.6 Å². The molecule has 1 aromatic carbocycles. The van der Waals surface area contributed by atoms with Crippen LogP contribution in [0.4, 0.5) is 4.39 Å². The fourth-order valence-electron chi connectivity index (χ4n) is 1.95. The molecule has 0 unspecified atom stereocenters. The maximum atomic E-state index is 12.9. The second-order valence-electron chi connectivity index (χ2n) is 4.97. The number of thiazole rings is 1. The van der Waals surface area contributed by atoms with Crippen molar-refractivity contribution in [3.05, 3.63) is 63.5 Å². The Kier molecular flexibility index (Phi) is 5.52. The standard InChI is InChI=1S/C17H13FN2O3S2/c18-12-5-3-11(4-6-12)17-20-13(10-25-17)9-23-15(21)8-19-16(22)14-2-1-7-24-14/h1-7,10H,8-9H2,(H,19,22). The van der Waals surface area contributed by atoms with Crippen LogP contribution in [0, 0.1) is 5.82 Å². The lowest BCUT2D eigenvalue weighted by Gasteiger charge is -2.04. The van der Waals surface area contributed by atoms with Crippen LogP contribution in [0.25, 0.3) is 10.6 Å². The van der Waals surface area contributed by atoms with Gasteiger partial charge in [-0.05, 0) is 35.7 Å². The molecule has 0 fully saturated rings. The molecule has 0 spiro atoms. The van der Waals surface area contributed by atoms with Crippen LogP contribution in [0.15, 0.2) is 47.2 Å². The van der Waals surface area contributed by atoms with E-state index in [1.165, 1.54) is 34.8 Å². The Morgan fingerprint density at radius 2 is 1.96 bits per heavy atom. The van der Waals surface area contributed by atoms with E-state index in [0.717, 1.165) is 10.6 Å². The molecule has 3 aromatic rings. The minimum Gasteiger partial charge on any atom is -0.458 e. The third-order valence-corrected chi connectivity index (χ3v) is 4.97. The van der Waals surface area contributed by atoms with Crippen LogP contribution in [0.1, 0.15) is 15.4 Å². The van der Waals surface area contributed by atoms with Crippen LogP contribution in [-0.4, -0.2) is 23.4 Å². The van der Waals surface area contributed by atoms with E-state index in [1.807, 2.05) is 0 Å². The molecule has 0 aliphatic heterocycles. The Labute approximate surface area is 151 Å². The van der Waals surface area contributed by atoms with Gasteiger partial charge in [0.15, 0.2) is 0 Å². The summed E-state index contributed by atoms with van der Waals surface area (Å²) in [5.41, 5.74) is 1.40. The SMILES string of the molecule is O=C(CNC(=O)c1cccs1)OCc1csc(-c2ccc(F)cc2)n1. The summed E-state index contributed by atoms with van der Waals surface area (Å²) in [5.74, 6) is -1.15. The molecule has 0 saturated heterocycles. The highest BCUT2D eigenvalue weighted by Crippen LogP contribution is 2.24. The van der Waals surface area contributed by atoms with Crippen molar-refractivity contribution in [1.29, 1.82) is 0 Å². The smallest absolute Gasteiger partial charge is 0.325 e. The molecule has 2 heterocycles. The quantitative estimate of drug-likeness (QED) is 0.669. The number of ether oxygens (including phenoxy) is 1. The number of nitrogens with zero attached hydrogens (tertiary/aromatic N) is 1. The summed E-state index contributed by atoms with van der Waals surface area (Å²) in [6.45, 7) is -0.183. The predicted octanol–water partition coefficient (Wildman–Crippen LogP) is 3.48. The first kappa shape index (κ1) is 17.2. The predicted molar refractivity (Wildman–Crippen MR) is 94.0 cm³/mol. The Morgan fingerprint density at radius 1 is 1.16 bits per heavy atom. The first-order chi connectivity index (χ1) is 12.1. The van der Waals surface area contributed by atoms with Gasteiger partial charge in [0, 0.05) is 10.9 Å². The Bertz CT molecular complexity index is 860. The number of hydrogen-bond donors (Lipinski definition) is 1. The second kappa shape index (κ2) is 8.00. The number of carbonyl (C=O) groups is 2. The zero-order chi connectivity index (χ0) is 17.6. The van der Waals surface area contributed by atoms with Gasteiger partial charge in [-0.25, -0.2) is 9.37 Å². The van der Waals surface area contributed by atoms with Gasteiger partial charge in [0.2, 0.25) is 0 Å². The third-order valence-electron chi connectivity index (χ3n) is 3.16. The molecule has 0 aliphatic rings. The second-order valence-corrected chi connectivity index (χ2v) is 6.78. The average Bonchev–Trinajstić information content (AvgIpc) is 3.30. The van der Waals surface area contributed by atoms with E-state index in [0.29, 0.717) is 10.6 Å². The molecular weight excluding hydrogens is 363 g/mol. The normalized spacial score (nSPS) is 10.4. The Morgan fingerprint density at radius 3 is 2.68 bits per heavy atom. The molecule has 0 saturated carbocycles. The van der Waals surface area contributed by atoms with Gasteiger partial charge in [0.05, 0.1) is 10.6 Å². The number of hydrogen-bond acceptors (Lipinski definition) is 6. The van der Waals surface area contributed by atoms with Crippen molar-refractivity contribution >= 4 is 34.6 Å². The number of aromatic nitrogens is 1. The van der Waals surface area contributed by atoms with Crippen LogP contribution < -0.4 is 5.32 Å². The maximum absolute atomic E-state index is 12.9. The summed E-state index contributed by atoms with van der Waals surface area (Å²) in [7, 11) is 0. The van der Waals surface area contributed by atoms with Gasteiger partial charge in [-0.1, -0.05) is 6.07 Å². The highest BCUT2D eigenvalue weighted by Gasteiger charge is 2.11. The monoisotopic (exact) mass is 376 g/mol. The van der Waals surface area contributed by atoms with Gasteiger partial charge >= 0.3 is 5.97 Å². The molecule has 0 atom stereocenters. The summed E-state index contributed by atoms with van der Waals surface area (Å²) < 4.78 is 18.0. The molecule has 5 nitrogen and oxygen atoms in total. The fraction of sp³-hybridized carbons (Fsp3) is 0.118. The maximum Gasteiger partial charge on any atom is 0.325 e. The molecule has 8 heteroatoms. The van der Waals surface area contributed by atoms with Gasteiger partial charge in [-0.3, -0.25) is 9.59 Å². The lowest BCUT2D eigenvalue weighted by atomic mass is 10.2. The zero-order valence-electron chi connectivity index (χ0n) is 12.9. The number of halogens is 1. The molecule has 0 radical (unpaired) electrons. The summed E-state index contributed by atoms with van der Waals surface area (Å²) in [4.78, 5) is 28.3. The number of amides is 1. The van der Waals surface area contributed by atoms with E-state index in [2.05, 4.69) is 10.3 Å². The van der Waals surface area contributed by atoms with Crippen LogP contribution in [-0.2, 0) is 16.1 Å². The van der Waals surface area contributed by atoms with Gasteiger partial charge in [-0.15, -0.1) is 22.7 Å². The third kappa shape index (κ3) is 4.71. The number of rotatable bonds is 6. The van der Waals surface area contributed by atoms with Crippen molar-refractivity contribution in [1.82, 2.24) is 10.3 Å². The molecule has 0 aliphatic carbocycles. The highest BCUT2D eigenvalue weighted by molar-refractivity contribution is 7.13. The number of carbonyl (C=O) groups excluding carboxylic acids is 2. The Hall–Kier alpha value is -2.58. The summed E-state index contributed by atoms with van der Waals surface area (Å²) in [6, 6.07) is 9.46. The van der Waals surface area contributed by atoms with E-state index < -0.39 is 5.97 Å². The van der Waals surface area contributed by atoms with Gasteiger partial charge in [0.25, 0.3) is 5.91 Å². The van der Waals surface area contributed by atoms with Crippen molar-refractivity contribution in [2.45, 2.75) is 6.61 Å². The molecule has 128 valence electrons. The van der Waals surface area contributed by atoms with Crippen LogP contribution >= 0.6 is 22.7 Å². The summed E-state index contributed by atoms with van der Waals surface area (Å²) in [5, 5.41) is 6.78. The number of nitrogens with one attached hydrogen (secondary N) is 1. The molecule has 1 amide bonds. The minimum atomic E-state index is -0.541. The van der Waals surface area contributed by atoms with Crippen molar-refractivity contribution in [2.24, 2.45) is 0 Å². The summed E-state index contributed by atoms with van der Waals surface area (Å²) in [6.07, 6.45) is 0. The lowest BCUT2D eigenvalue weighted by molar-refractivity contribution is -0.143. The molecule has 25 heavy (non-hydrogen) atoms. The molecule has 1 N–H and O–H groups in total. The van der Waals surface area contributed by atoms with E-state index in [1.54, 1.807) is 35.0 Å². The van der Waals surface area contributed by atoms with Gasteiger partial charge in [-0.2, -0.15) is 0 Å². The number of benzene rings is 1. The van der Waals surface area contributed by atoms with Crippen LogP contribution in [0.3, 0.4) is 0 Å². The highest BCUT2D eigenvalue weighted by atomic mass is 32.1. The van der Waals surface area contributed by atoms with Crippen molar-refractivity contribution < 1.29 is 18.7 Å².